The first-order chi connectivity index (χ1) is 32.8. The maximum Gasteiger partial charge on any atom is 0.142 e. The molecule has 0 aliphatic heterocycles. The highest BCUT2D eigenvalue weighted by Crippen LogP contribution is 2.68. The van der Waals surface area contributed by atoms with Gasteiger partial charge in [0.15, 0.2) is 0 Å². The van der Waals surface area contributed by atoms with Gasteiger partial charge >= 0.3 is 0 Å². The summed E-state index contributed by atoms with van der Waals surface area (Å²) in [5.74, 6) is 1.82. The van der Waals surface area contributed by atoms with E-state index in [0.29, 0.717) is 0 Å². The topological polar surface area (TPSA) is 16.4 Å². The monoisotopic (exact) mass is 857 g/mol. The molecule has 2 heteroatoms. The van der Waals surface area contributed by atoms with Crippen molar-refractivity contribution in [2.45, 2.75) is 43.9 Å². The second-order valence-electron chi connectivity index (χ2n) is 19.9. The van der Waals surface area contributed by atoms with Gasteiger partial charge in [-0.15, -0.1) is 0 Å². The van der Waals surface area contributed by atoms with Crippen molar-refractivity contribution in [2.75, 3.05) is 4.90 Å². The second kappa shape index (κ2) is 13.6. The number of hydrogen-bond donors (Lipinski definition) is 0. The Morgan fingerprint density at radius 2 is 0.746 bits per heavy atom. The Hall–Kier alpha value is -7.94. The van der Waals surface area contributed by atoms with E-state index in [2.05, 4.69) is 245 Å². The fourth-order valence-corrected chi connectivity index (χ4v) is 12.9. The summed E-state index contributed by atoms with van der Waals surface area (Å²) in [7, 11) is 0. The molecule has 67 heavy (non-hydrogen) atoms. The largest absolute Gasteiger partial charge is 0.455 e. The van der Waals surface area contributed by atoms with Crippen molar-refractivity contribution in [3.63, 3.8) is 0 Å². The zero-order chi connectivity index (χ0) is 44.8. The molecule has 0 bridgehead atoms. The molecule has 1 atom stereocenters. The van der Waals surface area contributed by atoms with Gasteiger partial charge in [0.1, 0.15) is 11.5 Å². The van der Waals surface area contributed by atoms with Gasteiger partial charge in [-0.25, -0.2) is 0 Å². The minimum absolute atomic E-state index is 0.167. The van der Waals surface area contributed by atoms with Crippen LogP contribution in [-0.4, -0.2) is 0 Å². The molecule has 4 aliphatic rings. The molecule has 9 aromatic carbocycles. The Labute approximate surface area is 392 Å². The zero-order valence-corrected chi connectivity index (χ0v) is 38.1. The van der Waals surface area contributed by atoms with Crippen LogP contribution in [0.25, 0.3) is 67.2 Å². The lowest BCUT2D eigenvalue weighted by Gasteiger charge is -2.33. The van der Waals surface area contributed by atoms with Crippen LogP contribution in [0.3, 0.4) is 0 Å². The third-order valence-electron chi connectivity index (χ3n) is 15.9. The van der Waals surface area contributed by atoms with Gasteiger partial charge in [-0.05, 0) is 103 Å². The number of nitrogens with zero attached hydrogens (tertiary/aromatic N) is 1. The number of anilines is 3. The average molecular weight is 858 g/mol. The van der Waals surface area contributed by atoms with Gasteiger partial charge in [-0.1, -0.05) is 210 Å². The highest BCUT2D eigenvalue weighted by atomic mass is 16.3. The second-order valence-corrected chi connectivity index (χ2v) is 19.9. The molecule has 10 aromatic rings. The Kier molecular flexibility index (Phi) is 7.76. The van der Waals surface area contributed by atoms with Crippen molar-refractivity contribution in [2.24, 2.45) is 0 Å². The SMILES string of the molecule is CC1(C)c2ccccc2-c2ccc(N(c3ccc4c(c3)C(C)(C)c3ccccc3-4)c3cccc4c3-c3ccccc3C43c4ccccc4-c4c(-c5ccccc5)oc(-c5ccccc5)c43)cc21. The van der Waals surface area contributed by atoms with Gasteiger partial charge in [0.2, 0.25) is 0 Å². The maximum atomic E-state index is 7.32. The van der Waals surface area contributed by atoms with Gasteiger partial charge in [-0.3, -0.25) is 0 Å². The van der Waals surface area contributed by atoms with Gasteiger partial charge in [0.25, 0.3) is 0 Å². The summed E-state index contributed by atoms with van der Waals surface area (Å²) in [5.41, 5.74) is 25.2. The van der Waals surface area contributed by atoms with Gasteiger partial charge in [0, 0.05) is 50.0 Å². The molecule has 2 nitrogen and oxygen atoms in total. The standard InChI is InChI=1S/C65H47NO/c1-63(2)50-28-15-11-24-44(50)46-36-34-42(38-55(46)63)66(43-35-37-47-45-25-12-16-29-51(45)64(3,4)56(47)39-43)57-33-19-32-54-58(57)48-26-13-17-30-52(48)65(54)53-31-18-14-27-49(53)59-60(65)62(41-22-9-6-10-23-41)67-61(59)40-20-7-5-8-21-40/h5-39H,1-4H3. The van der Waals surface area contributed by atoms with Crippen molar-refractivity contribution >= 4 is 17.1 Å². The summed E-state index contributed by atoms with van der Waals surface area (Å²) in [6.45, 7) is 9.54. The van der Waals surface area contributed by atoms with Crippen molar-refractivity contribution in [1.82, 2.24) is 0 Å². The summed E-state index contributed by atoms with van der Waals surface area (Å²) in [4.78, 5) is 2.57. The molecule has 0 fully saturated rings. The summed E-state index contributed by atoms with van der Waals surface area (Å²) in [5, 5.41) is 0. The van der Waals surface area contributed by atoms with Crippen molar-refractivity contribution in [1.29, 1.82) is 0 Å². The van der Waals surface area contributed by atoms with Crippen LogP contribution >= 0.6 is 0 Å². The number of furan rings is 1. The fourth-order valence-electron chi connectivity index (χ4n) is 12.9. The van der Waals surface area contributed by atoms with Gasteiger partial charge in [0.05, 0.1) is 11.1 Å². The minimum atomic E-state index is -0.662. The molecular weight excluding hydrogens is 811 g/mol. The van der Waals surface area contributed by atoms with E-state index in [4.69, 9.17) is 4.42 Å². The van der Waals surface area contributed by atoms with Crippen LogP contribution in [0.1, 0.15) is 72.2 Å². The number of fused-ring (bicyclic) bond motifs is 16. The van der Waals surface area contributed by atoms with E-state index in [1.54, 1.807) is 0 Å². The normalized spacial score (nSPS) is 16.7. The summed E-state index contributed by atoms with van der Waals surface area (Å²) < 4.78 is 7.32. The number of rotatable bonds is 5. The molecule has 1 spiro atoms. The molecule has 1 unspecified atom stereocenters. The van der Waals surface area contributed by atoms with Gasteiger partial charge < -0.3 is 9.32 Å². The van der Waals surface area contributed by atoms with E-state index in [9.17, 15) is 0 Å². The van der Waals surface area contributed by atoms with Crippen molar-refractivity contribution < 1.29 is 4.42 Å². The molecular formula is C65H47NO. The Balaban J connectivity index is 1.08. The molecule has 0 saturated carbocycles. The molecule has 0 amide bonds. The van der Waals surface area contributed by atoms with E-state index in [0.717, 1.165) is 39.7 Å². The third-order valence-corrected chi connectivity index (χ3v) is 15.9. The van der Waals surface area contributed by atoms with E-state index in [-0.39, 0.29) is 10.8 Å². The first kappa shape index (κ1) is 38.3. The molecule has 318 valence electrons. The molecule has 1 aromatic heterocycles. The summed E-state index contributed by atoms with van der Waals surface area (Å²) in [6.07, 6.45) is 0. The molecule has 4 aliphatic carbocycles. The van der Waals surface area contributed by atoms with E-state index in [1.807, 2.05) is 0 Å². The highest BCUT2D eigenvalue weighted by Gasteiger charge is 2.56. The first-order valence-corrected chi connectivity index (χ1v) is 23.7. The van der Waals surface area contributed by atoms with Crippen LogP contribution in [0.5, 0.6) is 0 Å². The predicted octanol–water partition coefficient (Wildman–Crippen LogP) is 17.0. The minimum Gasteiger partial charge on any atom is -0.455 e. The Morgan fingerprint density at radius 3 is 1.28 bits per heavy atom. The molecule has 0 saturated heterocycles. The molecule has 1 heterocycles. The lowest BCUT2D eigenvalue weighted by atomic mass is 9.70. The smallest absolute Gasteiger partial charge is 0.142 e. The number of benzene rings is 9. The number of hydrogen-bond acceptors (Lipinski definition) is 2. The van der Waals surface area contributed by atoms with Crippen molar-refractivity contribution in [3.8, 4) is 67.2 Å². The van der Waals surface area contributed by atoms with E-state index in [1.165, 1.54) is 89.0 Å². The van der Waals surface area contributed by atoms with Crippen LogP contribution < -0.4 is 4.90 Å². The van der Waals surface area contributed by atoms with Crippen LogP contribution in [0.4, 0.5) is 17.1 Å². The quantitative estimate of drug-likeness (QED) is 0.171. The average Bonchev–Trinajstić information content (AvgIpc) is 4.12. The lowest BCUT2D eigenvalue weighted by Crippen LogP contribution is -2.26. The maximum absolute atomic E-state index is 7.32. The van der Waals surface area contributed by atoms with Crippen LogP contribution in [0, 0.1) is 0 Å². The fraction of sp³-hybridized carbons (Fsp3) is 0.108. The Morgan fingerprint density at radius 1 is 0.328 bits per heavy atom. The van der Waals surface area contributed by atoms with Gasteiger partial charge in [-0.2, -0.15) is 0 Å². The first-order valence-electron chi connectivity index (χ1n) is 23.7. The molecule has 0 N–H and O–H groups in total. The zero-order valence-electron chi connectivity index (χ0n) is 38.1. The Bertz CT molecular complexity index is 3590. The van der Waals surface area contributed by atoms with Crippen molar-refractivity contribution in [3.05, 3.63) is 257 Å². The van der Waals surface area contributed by atoms with Crippen LogP contribution in [0.15, 0.2) is 217 Å². The third kappa shape index (κ3) is 4.95. The lowest BCUT2D eigenvalue weighted by molar-refractivity contribution is 0.588. The predicted molar refractivity (Wildman–Crippen MR) is 276 cm³/mol. The summed E-state index contributed by atoms with van der Waals surface area (Å²) in [6, 6.07) is 79.1. The van der Waals surface area contributed by atoms with E-state index < -0.39 is 5.41 Å². The van der Waals surface area contributed by atoms with E-state index >= 15 is 0 Å². The highest BCUT2D eigenvalue weighted by molar-refractivity contribution is 6.05. The molecule has 14 rings (SSSR count). The summed E-state index contributed by atoms with van der Waals surface area (Å²) >= 11 is 0. The van der Waals surface area contributed by atoms with Crippen LogP contribution in [-0.2, 0) is 16.2 Å². The van der Waals surface area contributed by atoms with Crippen LogP contribution in [0.2, 0.25) is 0 Å². The molecule has 0 radical (unpaired) electrons.